The third kappa shape index (κ3) is 2.58. The fraction of sp³-hybridized carbons (Fsp3) is 0.571. The minimum atomic E-state index is -4.20. The monoisotopic (exact) mass is 304 g/mol. The summed E-state index contributed by atoms with van der Waals surface area (Å²) >= 11 is 1.99. The SMILES string of the molecule is Cc1nn(CC(F)(F)F)c(C)c1I. The zero-order valence-corrected chi connectivity index (χ0v) is 9.27. The van der Waals surface area contributed by atoms with Crippen LogP contribution < -0.4 is 0 Å². The second-order valence-corrected chi connectivity index (χ2v) is 3.84. The highest BCUT2D eigenvalue weighted by molar-refractivity contribution is 14.1. The lowest BCUT2D eigenvalue weighted by Crippen LogP contribution is -2.19. The van der Waals surface area contributed by atoms with Gasteiger partial charge in [0.05, 0.1) is 9.26 Å². The Balaban J connectivity index is 2.97. The van der Waals surface area contributed by atoms with E-state index in [2.05, 4.69) is 5.10 Å². The van der Waals surface area contributed by atoms with Crippen LogP contribution in [-0.2, 0) is 6.54 Å². The summed E-state index contributed by atoms with van der Waals surface area (Å²) in [5, 5.41) is 3.78. The van der Waals surface area contributed by atoms with Gasteiger partial charge in [-0.2, -0.15) is 18.3 Å². The van der Waals surface area contributed by atoms with Gasteiger partial charge in [-0.05, 0) is 36.4 Å². The predicted molar refractivity (Wildman–Crippen MR) is 50.5 cm³/mol. The maximum absolute atomic E-state index is 12.0. The number of rotatable bonds is 1. The van der Waals surface area contributed by atoms with Crippen LogP contribution in [0, 0.1) is 17.4 Å². The Morgan fingerprint density at radius 3 is 2.23 bits per heavy atom. The van der Waals surface area contributed by atoms with E-state index in [1.54, 1.807) is 13.8 Å². The van der Waals surface area contributed by atoms with Gasteiger partial charge in [0.2, 0.25) is 0 Å². The summed E-state index contributed by atoms with van der Waals surface area (Å²) in [5.74, 6) is 0. The van der Waals surface area contributed by atoms with Gasteiger partial charge >= 0.3 is 6.18 Å². The average Bonchev–Trinajstić information content (AvgIpc) is 2.15. The first-order valence-electron chi connectivity index (χ1n) is 3.57. The van der Waals surface area contributed by atoms with Crippen LogP contribution in [0.3, 0.4) is 0 Å². The summed E-state index contributed by atoms with van der Waals surface area (Å²) in [6.45, 7) is 2.32. The molecule has 0 aliphatic carbocycles. The van der Waals surface area contributed by atoms with Gasteiger partial charge in [0.1, 0.15) is 6.54 Å². The first-order chi connectivity index (χ1) is 5.81. The third-order valence-electron chi connectivity index (χ3n) is 1.62. The molecule has 1 aromatic heterocycles. The molecule has 0 radical (unpaired) electrons. The molecule has 1 rings (SSSR count). The molecule has 0 spiro atoms. The summed E-state index contributed by atoms with van der Waals surface area (Å²) in [4.78, 5) is 0. The van der Waals surface area contributed by atoms with Crippen molar-refractivity contribution in [2.75, 3.05) is 0 Å². The van der Waals surface area contributed by atoms with Crippen LogP contribution in [0.25, 0.3) is 0 Å². The number of aryl methyl sites for hydroxylation is 1. The number of nitrogens with zero attached hydrogens (tertiary/aromatic N) is 2. The van der Waals surface area contributed by atoms with E-state index in [1.807, 2.05) is 22.6 Å². The molecule has 0 fully saturated rings. The zero-order valence-electron chi connectivity index (χ0n) is 7.11. The number of aromatic nitrogens is 2. The average molecular weight is 304 g/mol. The van der Waals surface area contributed by atoms with Crippen molar-refractivity contribution in [1.82, 2.24) is 9.78 Å². The van der Waals surface area contributed by atoms with Gasteiger partial charge in [0, 0.05) is 5.69 Å². The van der Waals surface area contributed by atoms with Gasteiger partial charge in [0.25, 0.3) is 0 Å². The highest BCUT2D eigenvalue weighted by Crippen LogP contribution is 2.21. The highest BCUT2D eigenvalue weighted by atomic mass is 127. The Kier molecular flexibility index (Phi) is 2.88. The molecule has 0 atom stereocenters. The molecule has 2 nitrogen and oxygen atoms in total. The molecule has 1 aromatic rings. The van der Waals surface area contributed by atoms with Gasteiger partial charge in [-0.1, -0.05) is 0 Å². The summed E-state index contributed by atoms with van der Waals surface area (Å²) in [6.07, 6.45) is -4.20. The molecule has 0 unspecified atom stereocenters. The van der Waals surface area contributed by atoms with Crippen LogP contribution in [0.4, 0.5) is 13.2 Å². The van der Waals surface area contributed by atoms with E-state index in [-0.39, 0.29) is 0 Å². The Morgan fingerprint density at radius 1 is 1.38 bits per heavy atom. The van der Waals surface area contributed by atoms with Gasteiger partial charge in [-0.25, -0.2) is 0 Å². The Bertz CT molecular complexity index is 316. The second-order valence-electron chi connectivity index (χ2n) is 2.76. The number of hydrogen-bond acceptors (Lipinski definition) is 1. The molecular weight excluding hydrogens is 296 g/mol. The standard InChI is InChI=1S/C7H8F3IN2/c1-4-6(11)5(2)13(12-4)3-7(8,9)10/h3H2,1-2H3. The quantitative estimate of drug-likeness (QED) is 0.729. The van der Waals surface area contributed by atoms with Crippen molar-refractivity contribution in [3.05, 3.63) is 15.0 Å². The first kappa shape index (κ1) is 10.8. The maximum atomic E-state index is 12.0. The lowest BCUT2D eigenvalue weighted by Gasteiger charge is -2.07. The van der Waals surface area contributed by atoms with Crippen molar-refractivity contribution in [1.29, 1.82) is 0 Å². The summed E-state index contributed by atoms with van der Waals surface area (Å²) < 4.78 is 37.8. The normalized spacial score (nSPS) is 12.2. The molecule has 0 aromatic carbocycles. The van der Waals surface area contributed by atoms with E-state index in [0.29, 0.717) is 11.4 Å². The van der Waals surface area contributed by atoms with E-state index in [0.717, 1.165) is 8.25 Å². The van der Waals surface area contributed by atoms with Crippen LogP contribution in [0.5, 0.6) is 0 Å². The minimum absolute atomic E-state index is 0.565. The summed E-state index contributed by atoms with van der Waals surface area (Å²) in [5.41, 5.74) is 1.21. The summed E-state index contributed by atoms with van der Waals surface area (Å²) in [7, 11) is 0. The molecule has 13 heavy (non-hydrogen) atoms. The van der Waals surface area contributed by atoms with E-state index in [9.17, 15) is 13.2 Å². The lowest BCUT2D eigenvalue weighted by molar-refractivity contribution is -0.142. The molecule has 0 bridgehead atoms. The van der Waals surface area contributed by atoms with Crippen molar-refractivity contribution in [3.63, 3.8) is 0 Å². The Hall–Kier alpha value is -0.270. The smallest absolute Gasteiger partial charge is 0.259 e. The van der Waals surface area contributed by atoms with Crippen molar-refractivity contribution in [3.8, 4) is 0 Å². The summed E-state index contributed by atoms with van der Waals surface area (Å²) in [6, 6.07) is 0. The van der Waals surface area contributed by atoms with Gasteiger partial charge in [-0.3, -0.25) is 4.68 Å². The van der Waals surface area contributed by atoms with E-state index < -0.39 is 12.7 Å². The maximum Gasteiger partial charge on any atom is 0.408 e. The number of hydrogen-bond donors (Lipinski definition) is 0. The van der Waals surface area contributed by atoms with Crippen LogP contribution >= 0.6 is 22.6 Å². The first-order valence-corrected chi connectivity index (χ1v) is 4.65. The van der Waals surface area contributed by atoms with Crippen LogP contribution in [0.1, 0.15) is 11.4 Å². The number of halogens is 4. The van der Waals surface area contributed by atoms with Gasteiger partial charge in [-0.15, -0.1) is 0 Å². The fourth-order valence-electron chi connectivity index (χ4n) is 0.999. The molecule has 0 aliphatic rings. The molecule has 1 heterocycles. The molecule has 0 aliphatic heterocycles. The highest BCUT2D eigenvalue weighted by Gasteiger charge is 2.29. The molecule has 6 heteroatoms. The topological polar surface area (TPSA) is 17.8 Å². The molecule has 0 amide bonds. The van der Waals surface area contributed by atoms with Gasteiger partial charge in [0.15, 0.2) is 0 Å². The van der Waals surface area contributed by atoms with Crippen LogP contribution in [0.2, 0.25) is 0 Å². The molecule has 0 N–H and O–H groups in total. The van der Waals surface area contributed by atoms with E-state index in [1.165, 1.54) is 0 Å². The van der Waals surface area contributed by atoms with Crippen LogP contribution in [-0.4, -0.2) is 16.0 Å². The minimum Gasteiger partial charge on any atom is -0.259 e. The predicted octanol–water partition coefficient (Wildman–Crippen LogP) is 2.67. The third-order valence-corrected chi connectivity index (χ3v) is 3.18. The Morgan fingerprint density at radius 2 is 1.92 bits per heavy atom. The zero-order chi connectivity index (χ0) is 10.2. The lowest BCUT2D eigenvalue weighted by atomic mass is 10.4. The van der Waals surface area contributed by atoms with Crippen molar-refractivity contribution in [2.45, 2.75) is 26.6 Å². The largest absolute Gasteiger partial charge is 0.408 e. The van der Waals surface area contributed by atoms with E-state index >= 15 is 0 Å². The van der Waals surface area contributed by atoms with E-state index in [4.69, 9.17) is 0 Å². The molecule has 74 valence electrons. The van der Waals surface area contributed by atoms with Gasteiger partial charge < -0.3 is 0 Å². The molecular formula is C7H8F3IN2. The second kappa shape index (κ2) is 3.47. The van der Waals surface area contributed by atoms with Crippen molar-refractivity contribution in [2.24, 2.45) is 0 Å². The van der Waals surface area contributed by atoms with Crippen molar-refractivity contribution < 1.29 is 13.2 Å². The van der Waals surface area contributed by atoms with Crippen molar-refractivity contribution >= 4 is 22.6 Å². The number of alkyl halides is 3. The molecule has 0 saturated carbocycles. The molecule has 0 saturated heterocycles. The van der Waals surface area contributed by atoms with Crippen LogP contribution in [0.15, 0.2) is 0 Å². The fourth-order valence-corrected chi connectivity index (χ4v) is 1.39. The Labute approximate surface area is 87.3 Å².